The van der Waals surface area contributed by atoms with E-state index in [1.807, 2.05) is 6.07 Å². The third kappa shape index (κ3) is 2.81. The second kappa shape index (κ2) is 5.70. The molecule has 20 heavy (non-hydrogen) atoms. The molecule has 1 aromatic rings. The molecule has 1 saturated heterocycles. The van der Waals surface area contributed by atoms with Gasteiger partial charge in [-0.15, -0.1) is 0 Å². The molecule has 1 atom stereocenters. The van der Waals surface area contributed by atoms with Crippen molar-refractivity contribution in [3.63, 3.8) is 0 Å². The van der Waals surface area contributed by atoms with Crippen molar-refractivity contribution in [2.75, 3.05) is 32.6 Å². The number of methoxy groups -OCH3 is 2. The van der Waals surface area contributed by atoms with Gasteiger partial charge >= 0.3 is 0 Å². The Morgan fingerprint density at radius 1 is 1.15 bits per heavy atom. The molecule has 0 aromatic heterocycles. The molecular weight excluding hydrogens is 276 g/mol. The maximum atomic E-state index is 6.13. The summed E-state index contributed by atoms with van der Waals surface area (Å²) in [6, 6.07) is 5.02. The van der Waals surface area contributed by atoms with Gasteiger partial charge in [-0.3, -0.25) is 4.90 Å². The van der Waals surface area contributed by atoms with E-state index in [-0.39, 0.29) is 0 Å². The molecule has 2 aliphatic rings. The average molecular weight is 297 g/mol. The first kappa shape index (κ1) is 13.8. The van der Waals surface area contributed by atoms with Crippen molar-refractivity contribution < 1.29 is 9.47 Å². The van der Waals surface area contributed by atoms with Crippen LogP contribution in [-0.2, 0) is 0 Å². The standard InChI is InChI=1S/C15H21ClN2O2/c1-19-14-8-13(15(20-2)7-12(14)16)17-10-5-6-18(9-10)11-3-4-11/h7-8,10-11,17H,3-6,9H2,1-2H3. The minimum Gasteiger partial charge on any atom is -0.495 e. The van der Waals surface area contributed by atoms with Crippen LogP contribution in [0.15, 0.2) is 12.1 Å². The Kier molecular flexibility index (Phi) is 3.94. The van der Waals surface area contributed by atoms with E-state index >= 15 is 0 Å². The first-order valence-corrected chi connectivity index (χ1v) is 7.51. The number of nitrogens with one attached hydrogen (secondary N) is 1. The minimum atomic E-state index is 0.468. The molecule has 1 unspecified atom stereocenters. The highest BCUT2D eigenvalue weighted by Gasteiger charge is 2.34. The average Bonchev–Trinajstić information content (AvgIpc) is 3.20. The predicted molar refractivity (Wildman–Crippen MR) is 81.2 cm³/mol. The molecule has 1 aromatic carbocycles. The summed E-state index contributed by atoms with van der Waals surface area (Å²) < 4.78 is 10.7. The van der Waals surface area contributed by atoms with Crippen LogP contribution < -0.4 is 14.8 Å². The Balaban J connectivity index is 1.72. The fourth-order valence-corrected chi connectivity index (χ4v) is 3.10. The number of ether oxygens (including phenoxy) is 2. The van der Waals surface area contributed by atoms with Gasteiger partial charge in [0.1, 0.15) is 11.5 Å². The highest BCUT2D eigenvalue weighted by Crippen LogP contribution is 2.37. The molecule has 0 spiro atoms. The lowest BCUT2D eigenvalue weighted by Gasteiger charge is -2.19. The lowest BCUT2D eigenvalue weighted by Crippen LogP contribution is -2.27. The van der Waals surface area contributed by atoms with Gasteiger partial charge in [0.2, 0.25) is 0 Å². The maximum absolute atomic E-state index is 6.13. The summed E-state index contributed by atoms with van der Waals surface area (Å²) in [4.78, 5) is 2.58. The van der Waals surface area contributed by atoms with Crippen molar-refractivity contribution in [3.05, 3.63) is 17.2 Å². The van der Waals surface area contributed by atoms with Crippen molar-refractivity contribution in [1.29, 1.82) is 0 Å². The first-order valence-electron chi connectivity index (χ1n) is 7.13. The number of anilines is 1. The molecule has 0 amide bonds. The Hall–Kier alpha value is -1.13. The predicted octanol–water partition coefficient (Wildman–Crippen LogP) is 3.01. The molecule has 3 rings (SSSR count). The largest absolute Gasteiger partial charge is 0.495 e. The number of likely N-dealkylation sites (tertiary alicyclic amines) is 1. The Morgan fingerprint density at radius 2 is 1.90 bits per heavy atom. The SMILES string of the molecule is COc1cc(NC2CCN(C3CC3)C2)c(OC)cc1Cl. The summed E-state index contributed by atoms with van der Waals surface area (Å²) in [7, 11) is 3.29. The number of hydrogen-bond donors (Lipinski definition) is 1. The molecule has 5 heteroatoms. The van der Waals surface area contributed by atoms with Crippen LogP contribution in [-0.4, -0.2) is 44.3 Å². The zero-order valence-electron chi connectivity index (χ0n) is 12.0. The number of hydrogen-bond acceptors (Lipinski definition) is 4. The highest BCUT2D eigenvalue weighted by atomic mass is 35.5. The lowest BCUT2D eigenvalue weighted by molar-refractivity contribution is 0.326. The molecule has 0 bridgehead atoms. The topological polar surface area (TPSA) is 33.7 Å². The van der Waals surface area contributed by atoms with Crippen molar-refractivity contribution in [1.82, 2.24) is 4.90 Å². The van der Waals surface area contributed by atoms with Crippen molar-refractivity contribution in [3.8, 4) is 11.5 Å². The molecule has 1 aliphatic heterocycles. The van der Waals surface area contributed by atoms with Gasteiger partial charge in [-0.1, -0.05) is 11.6 Å². The number of benzene rings is 1. The van der Waals surface area contributed by atoms with E-state index in [2.05, 4.69) is 10.2 Å². The second-order valence-corrected chi connectivity index (χ2v) is 5.95. The van der Waals surface area contributed by atoms with E-state index in [0.29, 0.717) is 16.8 Å². The molecule has 1 aliphatic carbocycles. The van der Waals surface area contributed by atoms with Crippen LogP contribution in [0.25, 0.3) is 0 Å². The van der Waals surface area contributed by atoms with Gasteiger partial charge in [-0.05, 0) is 19.3 Å². The summed E-state index contributed by atoms with van der Waals surface area (Å²) in [6.07, 6.45) is 3.90. The molecule has 4 nitrogen and oxygen atoms in total. The van der Waals surface area contributed by atoms with Crippen LogP contribution in [0, 0.1) is 0 Å². The molecule has 2 fully saturated rings. The summed E-state index contributed by atoms with van der Waals surface area (Å²) in [6.45, 7) is 2.30. The van der Waals surface area contributed by atoms with E-state index in [9.17, 15) is 0 Å². The third-order valence-electron chi connectivity index (χ3n) is 4.12. The van der Waals surface area contributed by atoms with Crippen LogP contribution in [0.5, 0.6) is 11.5 Å². The fraction of sp³-hybridized carbons (Fsp3) is 0.600. The zero-order chi connectivity index (χ0) is 14.1. The molecule has 1 N–H and O–H groups in total. The van der Waals surface area contributed by atoms with Gasteiger partial charge in [0.25, 0.3) is 0 Å². The maximum Gasteiger partial charge on any atom is 0.143 e. The van der Waals surface area contributed by atoms with Gasteiger partial charge in [0.15, 0.2) is 0 Å². The van der Waals surface area contributed by atoms with Crippen molar-refractivity contribution >= 4 is 17.3 Å². The molecule has 0 radical (unpaired) electrons. The number of nitrogens with zero attached hydrogens (tertiary/aromatic N) is 1. The van der Waals surface area contributed by atoms with E-state index < -0.39 is 0 Å². The Labute approximate surface area is 125 Å². The summed E-state index contributed by atoms with van der Waals surface area (Å²) in [5.74, 6) is 1.44. The minimum absolute atomic E-state index is 0.468. The summed E-state index contributed by atoms with van der Waals surface area (Å²) >= 11 is 6.13. The monoisotopic (exact) mass is 296 g/mol. The highest BCUT2D eigenvalue weighted by molar-refractivity contribution is 6.32. The number of rotatable bonds is 5. The molecular formula is C15H21ClN2O2. The van der Waals surface area contributed by atoms with Gasteiger partial charge in [-0.25, -0.2) is 0 Å². The zero-order valence-corrected chi connectivity index (χ0v) is 12.7. The van der Waals surface area contributed by atoms with Crippen LogP contribution in [0.4, 0.5) is 5.69 Å². The van der Waals surface area contributed by atoms with E-state index in [0.717, 1.165) is 24.0 Å². The molecule has 110 valence electrons. The van der Waals surface area contributed by atoms with Gasteiger partial charge in [0.05, 0.1) is 24.9 Å². The van der Waals surface area contributed by atoms with Crippen LogP contribution in [0.3, 0.4) is 0 Å². The van der Waals surface area contributed by atoms with Crippen molar-refractivity contribution in [2.45, 2.75) is 31.3 Å². The molecule has 1 heterocycles. The first-order chi connectivity index (χ1) is 9.71. The van der Waals surface area contributed by atoms with E-state index in [4.69, 9.17) is 21.1 Å². The number of halogens is 1. The van der Waals surface area contributed by atoms with Gasteiger partial charge < -0.3 is 14.8 Å². The van der Waals surface area contributed by atoms with E-state index in [1.54, 1.807) is 20.3 Å². The van der Waals surface area contributed by atoms with Crippen molar-refractivity contribution in [2.24, 2.45) is 0 Å². The van der Waals surface area contributed by atoms with Crippen LogP contribution in [0.1, 0.15) is 19.3 Å². The van der Waals surface area contributed by atoms with E-state index in [1.165, 1.54) is 25.8 Å². The lowest BCUT2D eigenvalue weighted by atomic mass is 10.2. The Bertz CT molecular complexity index is 491. The van der Waals surface area contributed by atoms with Crippen LogP contribution >= 0.6 is 11.6 Å². The quantitative estimate of drug-likeness (QED) is 0.906. The summed E-state index contributed by atoms with van der Waals surface area (Å²) in [5.41, 5.74) is 0.955. The van der Waals surface area contributed by atoms with Gasteiger partial charge in [-0.2, -0.15) is 0 Å². The second-order valence-electron chi connectivity index (χ2n) is 5.54. The normalized spacial score (nSPS) is 22.9. The van der Waals surface area contributed by atoms with Crippen LogP contribution in [0.2, 0.25) is 5.02 Å². The Morgan fingerprint density at radius 3 is 2.55 bits per heavy atom. The van der Waals surface area contributed by atoms with Gasteiger partial charge in [0, 0.05) is 37.3 Å². The fourth-order valence-electron chi connectivity index (χ4n) is 2.87. The smallest absolute Gasteiger partial charge is 0.143 e. The third-order valence-corrected chi connectivity index (χ3v) is 4.41. The summed E-state index contributed by atoms with van der Waals surface area (Å²) in [5, 5.41) is 4.14. The molecule has 1 saturated carbocycles.